The molecule has 1 unspecified atom stereocenters. The summed E-state index contributed by atoms with van der Waals surface area (Å²) in [6.45, 7) is 7.94. The van der Waals surface area contributed by atoms with Crippen LogP contribution >= 0.6 is 11.6 Å². The molecule has 1 aromatic carbocycles. The number of hydrogen-bond acceptors (Lipinski definition) is 3. The van der Waals surface area contributed by atoms with Crippen LogP contribution in [-0.4, -0.2) is 22.9 Å². The number of hydroxylamine groups is 2. The number of amidine groups is 1. The average Bonchev–Trinajstić information content (AvgIpc) is 2.63. The van der Waals surface area contributed by atoms with Gasteiger partial charge < -0.3 is 4.74 Å². The third-order valence-electron chi connectivity index (χ3n) is 2.36. The van der Waals surface area contributed by atoms with Gasteiger partial charge in [-0.25, -0.2) is 4.84 Å². The van der Waals surface area contributed by atoms with Gasteiger partial charge in [0.25, 0.3) is 0 Å². The highest BCUT2D eigenvalue weighted by molar-refractivity contribution is 6.30. The quantitative estimate of drug-likeness (QED) is 0.778. The van der Waals surface area contributed by atoms with Crippen molar-refractivity contribution in [2.75, 3.05) is 0 Å². The minimum atomic E-state index is -0.324. The lowest BCUT2D eigenvalue weighted by molar-refractivity contribution is -0.183. The van der Waals surface area contributed by atoms with E-state index >= 15 is 0 Å². The third-order valence-corrected chi connectivity index (χ3v) is 2.61. The van der Waals surface area contributed by atoms with Crippen molar-refractivity contribution in [2.24, 2.45) is 4.99 Å². The van der Waals surface area contributed by atoms with Gasteiger partial charge in [-0.15, -0.1) is 0 Å². The molecule has 0 N–H and O–H groups in total. The fraction of sp³-hybridized carbons (Fsp3) is 0.462. The first-order valence-corrected chi connectivity index (χ1v) is 6.22. The van der Waals surface area contributed by atoms with Gasteiger partial charge in [0.2, 0.25) is 6.29 Å². The lowest BCUT2D eigenvalue weighted by Crippen LogP contribution is -2.41. The van der Waals surface area contributed by atoms with Gasteiger partial charge in [-0.05, 0) is 45.0 Å². The molecule has 1 heterocycles. The largest absolute Gasteiger partial charge is 0.432 e. The topological polar surface area (TPSA) is 34.1 Å². The highest BCUT2D eigenvalue weighted by Gasteiger charge is 2.36. The van der Waals surface area contributed by atoms with Crippen LogP contribution < -0.4 is 0 Å². The normalized spacial score (nSPS) is 22.4. The zero-order valence-electron chi connectivity index (χ0n) is 11.0. The predicted molar refractivity (Wildman–Crippen MR) is 71.8 cm³/mol. The summed E-state index contributed by atoms with van der Waals surface area (Å²) in [6.07, 6.45) is -0.324. The van der Waals surface area contributed by atoms with E-state index in [1.54, 1.807) is 17.2 Å². The van der Waals surface area contributed by atoms with Crippen LogP contribution in [0.1, 0.15) is 27.7 Å². The monoisotopic (exact) mass is 268 g/mol. The summed E-state index contributed by atoms with van der Waals surface area (Å²) in [6, 6.07) is 7.73. The van der Waals surface area contributed by atoms with Crippen LogP contribution in [0.5, 0.6) is 0 Å². The van der Waals surface area contributed by atoms with Crippen molar-refractivity contribution in [3.63, 3.8) is 0 Å². The number of aliphatic imine (C=N–C) groups is 1. The molecule has 18 heavy (non-hydrogen) atoms. The molecule has 1 aliphatic heterocycles. The molecule has 4 nitrogen and oxygen atoms in total. The minimum Gasteiger partial charge on any atom is -0.432 e. The van der Waals surface area contributed by atoms with Crippen LogP contribution in [0.4, 0.5) is 5.69 Å². The van der Waals surface area contributed by atoms with Gasteiger partial charge in [0.05, 0.1) is 11.2 Å². The standard InChI is InChI=1S/C13H17ClN2O2/c1-9-17-12(16(18-9)13(2,3)4)15-11-7-5-10(14)6-8-11/h5-9H,1-4H3. The van der Waals surface area contributed by atoms with Crippen LogP contribution in [-0.2, 0) is 9.57 Å². The molecule has 5 heteroatoms. The maximum atomic E-state index is 5.84. The number of halogens is 1. The van der Waals surface area contributed by atoms with Gasteiger partial charge in [0.1, 0.15) is 0 Å². The smallest absolute Gasteiger partial charge is 0.320 e. The zero-order chi connectivity index (χ0) is 13.3. The van der Waals surface area contributed by atoms with E-state index in [4.69, 9.17) is 21.2 Å². The van der Waals surface area contributed by atoms with Crippen LogP contribution in [0.25, 0.3) is 0 Å². The molecular weight excluding hydrogens is 252 g/mol. The van der Waals surface area contributed by atoms with Crippen molar-refractivity contribution in [2.45, 2.75) is 39.5 Å². The maximum absolute atomic E-state index is 5.84. The van der Waals surface area contributed by atoms with Gasteiger partial charge in [0, 0.05) is 11.9 Å². The molecule has 0 saturated carbocycles. The first kappa shape index (κ1) is 13.2. The Morgan fingerprint density at radius 2 is 1.83 bits per heavy atom. The number of hydrogen-bond donors (Lipinski definition) is 0. The summed E-state index contributed by atoms with van der Waals surface area (Å²) >= 11 is 5.84. The molecule has 1 aliphatic rings. The number of ether oxygens (including phenoxy) is 1. The molecule has 0 amide bonds. The van der Waals surface area contributed by atoms with E-state index in [0.717, 1.165) is 5.69 Å². The maximum Gasteiger partial charge on any atom is 0.320 e. The van der Waals surface area contributed by atoms with Crippen LogP contribution in [0, 0.1) is 0 Å². The third kappa shape index (κ3) is 2.94. The minimum absolute atomic E-state index is 0.212. The Bertz CT molecular complexity index is 451. The zero-order valence-corrected chi connectivity index (χ0v) is 11.7. The van der Waals surface area contributed by atoms with Crippen molar-refractivity contribution in [1.82, 2.24) is 5.06 Å². The summed E-state index contributed by atoms with van der Waals surface area (Å²) in [7, 11) is 0. The van der Waals surface area contributed by atoms with Crippen molar-refractivity contribution < 1.29 is 9.57 Å². The van der Waals surface area contributed by atoms with Crippen molar-refractivity contribution in [3.8, 4) is 0 Å². The first-order chi connectivity index (χ1) is 8.36. The summed E-state index contributed by atoms with van der Waals surface area (Å²) in [5, 5.41) is 2.37. The van der Waals surface area contributed by atoms with Gasteiger partial charge in [-0.2, -0.15) is 10.1 Å². The summed E-state index contributed by atoms with van der Waals surface area (Å²) in [5.74, 6) is 0. The number of nitrogens with zero attached hydrogens (tertiary/aromatic N) is 2. The molecule has 0 aromatic heterocycles. The molecule has 1 fully saturated rings. The Morgan fingerprint density at radius 3 is 2.39 bits per heavy atom. The second-order valence-electron chi connectivity index (χ2n) is 5.13. The summed E-state index contributed by atoms with van der Waals surface area (Å²) in [5.41, 5.74) is 0.567. The number of benzene rings is 1. The molecule has 1 aromatic rings. The van der Waals surface area contributed by atoms with Gasteiger partial charge in [-0.1, -0.05) is 11.6 Å². The Balaban J connectivity index is 2.27. The highest BCUT2D eigenvalue weighted by Crippen LogP contribution is 2.26. The van der Waals surface area contributed by atoms with E-state index in [0.29, 0.717) is 11.0 Å². The summed E-state index contributed by atoms with van der Waals surface area (Å²) in [4.78, 5) is 10.0. The average molecular weight is 269 g/mol. The van der Waals surface area contributed by atoms with E-state index in [1.807, 2.05) is 39.8 Å². The Labute approximate surface area is 112 Å². The predicted octanol–water partition coefficient (Wildman–Crippen LogP) is 3.74. The van der Waals surface area contributed by atoms with Gasteiger partial charge >= 0.3 is 6.02 Å². The van der Waals surface area contributed by atoms with Crippen LogP contribution in [0.2, 0.25) is 5.02 Å². The molecule has 1 atom stereocenters. The molecule has 2 rings (SSSR count). The van der Waals surface area contributed by atoms with Crippen LogP contribution in [0.15, 0.2) is 29.3 Å². The SMILES string of the molecule is CC1OC(=Nc2ccc(Cl)cc2)N(C(C)(C)C)O1. The van der Waals surface area contributed by atoms with Crippen LogP contribution in [0.3, 0.4) is 0 Å². The van der Waals surface area contributed by atoms with Crippen molar-refractivity contribution in [1.29, 1.82) is 0 Å². The fourth-order valence-electron chi connectivity index (χ4n) is 1.55. The van der Waals surface area contributed by atoms with Crippen molar-refractivity contribution in [3.05, 3.63) is 29.3 Å². The lowest BCUT2D eigenvalue weighted by Gasteiger charge is -2.28. The first-order valence-electron chi connectivity index (χ1n) is 5.84. The highest BCUT2D eigenvalue weighted by atomic mass is 35.5. The van der Waals surface area contributed by atoms with E-state index < -0.39 is 0 Å². The summed E-state index contributed by atoms with van der Waals surface area (Å²) < 4.78 is 5.56. The van der Waals surface area contributed by atoms with E-state index in [1.165, 1.54) is 0 Å². The van der Waals surface area contributed by atoms with Gasteiger partial charge in [-0.3, -0.25) is 0 Å². The van der Waals surface area contributed by atoms with E-state index in [-0.39, 0.29) is 11.8 Å². The van der Waals surface area contributed by atoms with E-state index in [2.05, 4.69) is 4.99 Å². The van der Waals surface area contributed by atoms with Crippen molar-refractivity contribution >= 4 is 23.3 Å². The molecular formula is C13H17ClN2O2. The Morgan fingerprint density at radius 1 is 1.22 bits per heavy atom. The molecule has 98 valence electrons. The molecule has 0 spiro atoms. The molecule has 0 bridgehead atoms. The van der Waals surface area contributed by atoms with Gasteiger partial charge in [0.15, 0.2) is 0 Å². The second kappa shape index (κ2) is 4.78. The molecule has 0 aliphatic carbocycles. The molecule has 0 radical (unpaired) electrons. The fourth-order valence-corrected chi connectivity index (χ4v) is 1.68. The second-order valence-corrected chi connectivity index (χ2v) is 5.56. The van der Waals surface area contributed by atoms with E-state index in [9.17, 15) is 0 Å². The lowest BCUT2D eigenvalue weighted by atomic mass is 10.1. The Hall–Kier alpha value is -1.26. The Kier molecular flexibility index (Phi) is 3.50. The molecule has 1 saturated heterocycles. The number of rotatable bonds is 1.